The van der Waals surface area contributed by atoms with Gasteiger partial charge in [-0.15, -0.1) is 0 Å². The summed E-state index contributed by atoms with van der Waals surface area (Å²) in [5, 5.41) is 20.2. The number of ether oxygens (including phenoxy) is 3. The summed E-state index contributed by atoms with van der Waals surface area (Å²) in [4.78, 5) is 33.7. The lowest BCUT2D eigenvalue weighted by Gasteiger charge is -2.33. The van der Waals surface area contributed by atoms with Crippen molar-refractivity contribution in [1.29, 1.82) is 0 Å². The largest absolute Gasteiger partial charge is 0.505 e. The van der Waals surface area contributed by atoms with Crippen molar-refractivity contribution in [1.82, 2.24) is 4.57 Å². The maximum atomic E-state index is 13.3. The molecule has 0 aliphatic carbocycles. The van der Waals surface area contributed by atoms with E-state index in [1.807, 2.05) is 0 Å². The molecule has 16 nitrogen and oxygen atoms in total. The van der Waals surface area contributed by atoms with Crippen molar-refractivity contribution in [2.75, 3.05) is 39.5 Å². The standard InChI is InChI=1S/C16H19BrN10O6/c17-11-4-14(29)27(5-13(11)28)12(3-10-6-31-1-2-32-10)15(30)33-16(7-21-24-18,8-22-25-19)9-23-26-20/h4-5,10,12,28H,1-3,6-9H2. The van der Waals surface area contributed by atoms with E-state index in [2.05, 4.69) is 46.0 Å². The molecule has 1 saturated heterocycles. The molecule has 0 amide bonds. The van der Waals surface area contributed by atoms with Crippen LogP contribution in [0.15, 0.2) is 36.9 Å². The summed E-state index contributed by atoms with van der Waals surface area (Å²) >= 11 is 3.04. The molecule has 1 aromatic heterocycles. The highest BCUT2D eigenvalue weighted by molar-refractivity contribution is 9.10. The Morgan fingerprint density at radius 3 is 2.36 bits per heavy atom. The third-order valence-electron chi connectivity index (χ3n) is 4.57. The zero-order valence-corrected chi connectivity index (χ0v) is 18.7. The van der Waals surface area contributed by atoms with Gasteiger partial charge < -0.3 is 19.3 Å². The average molecular weight is 527 g/mol. The molecule has 1 aliphatic heterocycles. The van der Waals surface area contributed by atoms with E-state index in [9.17, 15) is 14.7 Å². The fourth-order valence-electron chi connectivity index (χ4n) is 3.01. The molecule has 1 N–H and O–H groups in total. The molecule has 0 bridgehead atoms. The van der Waals surface area contributed by atoms with Crippen LogP contribution in [0.3, 0.4) is 0 Å². The maximum absolute atomic E-state index is 13.3. The summed E-state index contributed by atoms with van der Waals surface area (Å²) < 4.78 is 17.5. The highest BCUT2D eigenvalue weighted by Crippen LogP contribution is 2.27. The minimum Gasteiger partial charge on any atom is -0.505 e. The first-order valence-corrected chi connectivity index (χ1v) is 10.2. The number of aromatic nitrogens is 1. The van der Waals surface area contributed by atoms with E-state index in [4.69, 9.17) is 30.8 Å². The first-order valence-electron chi connectivity index (χ1n) is 9.41. The highest BCUT2D eigenvalue weighted by Gasteiger charge is 2.38. The number of rotatable bonds is 11. The lowest BCUT2D eigenvalue weighted by atomic mass is 10.0. The molecule has 2 rings (SSSR count). The van der Waals surface area contributed by atoms with Crippen molar-refractivity contribution >= 4 is 21.9 Å². The molecule has 2 heterocycles. The molecule has 2 unspecified atom stereocenters. The van der Waals surface area contributed by atoms with Crippen LogP contribution in [0.5, 0.6) is 5.75 Å². The van der Waals surface area contributed by atoms with Gasteiger partial charge in [0.25, 0.3) is 5.56 Å². The number of esters is 1. The summed E-state index contributed by atoms with van der Waals surface area (Å²) in [7, 11) is 0. The first-order chi connectivity index (χ1) is 15.9. The zero-order chi connectivity index (χ0) is 24.3. The molecular formula is C16H19BrN10O6. The molecule has 1 aliphatic rings. The second kappa shape index (κ2) is 12.6. The van der Waals surface area contributed by atoms with Gasteiger partial charge in [0.2, 0.25) is 0 Å². The van der Waals surface area contributed by atoms with Gasteiger partial charge in [-0.2, -0.15) is 0 Å². The number of azide groups is 3. The van der Waals surface area contributed by atoms with Crippen LogP contribution in [0.2, 0.25) is 0 Å². The predicted molar refractivity (Wildman–Crippen MR) is 115 cm³/mol. The van der Waals surface area contributed by atoms with Crippen molar-refractivity contribution in [3.63, 3.8) is 0 Å². The third kappa shape index (κ3) is 7.29. The lowest BCUT2D eigenvalue weighted by molar-refractivity contribution is -0.164. The Labute approximate surface area is 194 Å². The van der Waals surface area contributed by atoms with Crippen molar-refractivity contribution < 1.29 is 24.1 Å². The van der Waals surface area contributed by atoms with Gasteiger partial charge in [-0.3, -0.25) is 9.36 Å². The van der Waals surface area contributed by atoms with E-state index >= 15 is 0 Å². The Kier molecular flexibility index (Phi) is 9.82. The Morgan fingerprint density at radius 2 is 1.85 bits per heavy atom. The second-order valence-corrected chi connectivity index (χ2v) is 7.70. The van der Waals surface area contributed by atoms with Gasteiger partial charge in [0.05, 0.1) is 56.2 Å². The van der Waals surface area contributed by atoms with E-state index in [0.717, 1.165) is 16.8 Å². The number of carbonyl (C=O) groups is 1. The van der Waals surface area contributed by atoms with Crippen LogP contribution in [0.4, 0.5) is 0 Å². The minimum absolute atomic E-state index is 0.0690. The molecule has 0 aromatic carbocycles. The van der Waals surface area contributed by atoms with Gasteiger partial charge in [-0.1, -0.05) is 15.3 Å². The maximum Gasteiger partial charge on any atom is 0.329 e. The molecule has 33 heavy (non-hydrogen) atoms. The normalized spacial score (nSPS) is 17.9. The molecule has 0 radical (unpaired) electrons. The van der Waals surface area contributed by atoms with Gasteiger partial charge in [-0.25, -0.2) is 4.79 Å². The zero-order valence-electron chi connectivity index (χ0n) is 17.1. The predicted octanol–water partition coefficient (Wildman–Crippen LogP) is 2.88. The molecule has 0 spiro atoms. The number of carbonyl (C=O) groups excluding carboxylic acids is 1. The van der Waals surface area contributed by atoms with Crippen LogP contribution in [0, 0.1) is 0 Å². The van der Waals surface area contributed by atoms with Crippen molar-refractivity contribution in [3.8, 4) is 5.75 Å². The van der Waals surface area contributed by atoms with E-state index in [-0.39, 0.29) is 29.9 Å². The summed E-state index contributed by atoms with van der Waals surface area (Å²) in [5.41, 5.74) is 23.7. The third-order valence-corrected chi connectivity index (χ3v) is 5.21. The SMILES string of the molecule is [N-]=[N+]=NCC(CN=[N+]=[N-])(CN=[N+]=[N-])OC(=O)C(CC1COCCO1)n1cc(O)c(Br)cc1=O. The summed E-state index contributed by atoms with van der Waals surface area (Å²) in [6.07, 6.45) is 0.410. The van der Waals surface area contributed by atoms with Crippen LogP contribution in [0.25, 0.3) is 31.3 Å². The van der Waals surface area contributed by atoms with Crippen molar-refractivity contribution in [2.45, 2.75) is 24.2 Å². The second-order valence-electron chi connectivity index (χ2n) is 6.84. The summed E-state index contributed by atoms with van der Waals surface area (Å²) in [5.74, 6) is -1.31. The van der Waals surface area contributed by atoms with Gasteiger partial charge in [0.15, 0.2) is 0 Å². The van der Waals surface area contributed by atoms with Crippen LogP contribution in [-0.4, -0.2) is 66.8 Å². The molecule has 176 valence electrons. The average Bonchev–Trinajstić information content (AvgIpc) is 2.81. The van der Waals surface area contributed by atoms with Crippen LogP contribution >= 0.6 is 15.9 Å². The van der Waals surface area contributed by atoms with Crippen molar-refractivity contribution in [3.05, 3.63) is 58.4 Å². The number of nitrogens with zero attached hydrogens (tertiary/aromatic N) is 10. The van der Waals surface area contributed by atoms with E-state index in [0.29, 0.717) is 6.61 Å². The monoisotopic (exact) mass is 526 g/mol. The Hall–Kier alpha value is -3.45. The minimum atomic E-state index is -1.80. The number of pyridine rings is 1. The Morgan fingerprint density at radius 1 is 1.24 bits per heavy atom. The molecule has 1 fully saturated rings. The lowest BCUT2D eigenvalue weighted by Crippen LogP contribution is -2.47. The van der Waals surface area contributed by atoms with Crippen LogP contribution in [-0.2, 0) is 19.0 Å². The van der Waals surface area contributed by atoms with Crippen molar-refractivity contribution in [2.24, 2.45) is 15.3 Å². The van der Waals surface area contributed by atoms with Gasteiger partial charge in [0, 0.05) is 27.2 Å². The topological polar surface area (TPSA) is 233 Å². The molecule has 0 saturated carbocycles. The number of aromatic hydroxyl groups is 1. The Balaban J connectivity index is 2.48. The van der Waals surface area contributed by atoms with Crippen LogP contribution in [0.1, 0.15) is 12.5 Å². The molecular weight excluding hydrogens is 508 g/mol. The number of hydrogen-bond acceptors (Lipinski definition) is 9. The fraction of sp³-hybridized carbons (Fsp3) is 0.625. The smallest absolute Gasteiger partial charge is 0.329 e. The number of halogens is 1. The van der Waals surface area contributed by atoms with Gasteiger partial charge >= 0.3 is 5.97 Å². The molecule has 17 heteroatoms. The Bertz CT molecular complexity index is 1000. The first kappa shape index (κ1) is 25.8. The summed E-state index contributed by atoms with van der Waals surface area (Å²) in [6.45, 7) is -0.724. The van der Waals surface area contributed by atoms with Gasteiger partial charge in [0.1, 0.15) is 17.4 Å². The summed E-state index contributed by atoms with van der Waals surface area (Å²) in [6, 6.07) is -0.244. The number of hydrogen-bond donors (Lipinski definition) is 1. The van der Waals surface area contributed by atoms with Gasteiger partial charge in [-0.05, 0) is 32.5 Å². The fourth-order valence-corrected chi connectivity index (χ4v) is 3.31. The van der Waals surface area contributed by atoms with E-state index in [1.54, 1.807) is 0 Å². The molecule has 2 atom stereocenters. The van der Waals surface area contributed by atoms with E-state index in [1.165, 1.54) is 0 Å². The quantitative estimate of drug-likeness (QED) is 0.196. The van der Waals surface area contributed by atoms with Crippen LogP contribution < -0.4 is 5.56 Å². The molecule has 1 aromatic rings. The van der Waals surface area contributed by atoms with E-state index < -0.39 is 48.9 Å². The highest BCUT2D eigenvalue weighted by atomic mass is 79.9.